The molecule has 1 aliphatic heterocycles. The predicted octanol–water partition coefficient (Wildman–Crippen LogP) is 3.25. The summed E-state index contributed by atoms with van der Waals surface area (Å²) in [6.07, 6.45) is 3.84. The van der Waals surface area contributed by atoms with Gasteiger partial charge in [-0.3, -0.25) is 9.98 Å². The summed E-state index contributed by atoms with van der Waals surface area (Å²) in [5.74, 6) is 0.998. The molecule has 1 N–H and O–H groups in total. The van der Waals surface area contributed by atoms with Crippen LogP contribution in [0, 0.1) is 0 Å². The Morgan fingerprint density at radius 2 is 1.67 bits per heavy atom. The molecular formula is C18H15N3. The summed E-state index contributed by atoms with van der Waals surface area (Å²) >= 11 is 0. The fourth-order valence-corrected chi connectivity index (χ4v) is 2.75. The van der Waals surface area contributed by atoms with Crippen molar-refractivity contribution in [2.45, 2.75) is 0 Å². The molecule has 2 aromatic carbocycles. The molecule has 0 atom stereocenters. The van der Waals surface area contributed by atoms with Gasteiger partial charge in [0.05, 0.1) is 6.54 Å². The van der Waals surface area contributed by atoms with Gasteiger partial charge in [0.1, 0.15) is 5.84 Å². The smallest absolute Gasteiger partial charge is 0.128 e. The molecule has 21 heavy (non-hydrogen) atoms. The summed E-state index contributed by atoms with van der Waals surface area (Å²) in [5.41, 5.74) is 3.49. The van der Waals surface area contributed by atoms with Gasteiger partial charge in [-0.2, -0.15) is 0 Å². The molecule has 3 aromatic rings. The highest BCUT2D eigenvalue weighted by Gasteiger charge is 2.09. The second-order valence-corrected chi connectivity index (χ2v) is 5.14. The zero-order valence-electron chi connectivity index (χ0n) is 11.6. The SMILES string of the molecule is c1ccc2c(-c3ccc(C4=NCCN4)cc3)cncc2c1. The third-order valence-corrected chi connectivity index (χ3v) is 3.81. The molecule has 0 saturated carbocycles. The highest BCUT2D eigenvalue weighted by molar-refractivity contribution is 6.01. The van der Waals surface area contributed by atoms with Gasteiger partial charge in [0.2, 0.25) is 0 Å². The number of fused-ring (bicyclic) bond motifs is 1. The van der Waals surface area contributed by atoms with E-state index in [1.54, 1.807) is 0 Å². The molecule has 0 fully saturated rings. The first-order chi connectivity index (χ1) is 10.4. The molecule has 3 heteroatoms. The summed E-state index contributed by atoms with van der Waals surface area (Å²) in [5, 5.41) is 5.70. The Hall–Kier alpha value is -2.68. The first-order valence-corrected chi connectivity index (χ1v) is 7.14. The van der Waals surface area contributed by atoms with Crippen LogP contribution in [0.15, 0.2) is 65.9 Å². The Morgan fingerprint density at radius 1 is 0.857 bits per heavy atom. The zero-order chi connectivity index (χ0) is 14.1. The Balaban J connectivity index is 1.78. The lowest BCUT2D eigenvalue weighted by molar-refractivity contribution is 0.960. The topological polar surface area (TPSA) is 37.3 Å². The average Bonchev–Trinajstić information content (AvgIpc) is 3.09. The van der Waals surface area contributed by atoms with Crippen molar-refractivity contribution >= 4 is 16.6 Å². The molecule has 1 aromatic heterocycles. The average molecular weight is 273 g/mol. The number of amidine groups is 1. The van der Waals surface area contributed by atoms with Gasteiger partial charge in [0.15, 0.2) is 0 Å². The number of hydrogen-bond acceptors (Lipinski definition) is 3. The third-order valence-electron chi connectivity index (χ3n) is 3.81. The van der Waals surface area contributed by atoms with Crippen molar-refractivity contribution in [2.75, 3.05) is 13.1 Å². The second kappa shape index (κ2) is 5.02. The van der Waals surface area contributed by atoms with Crippen LogP contribution in [0.25, 0.3) is 21.9 Å². The van der Waals surface area contributed by atoms with Crippen LogP contribution in [-0.4, -0.2) is 23.9 Å². The van der Waals surface area contributed by atoms with Gasteiger partial charge in [-0.25, -0.2) is 0 Å². The van der Waals surface area contributed by atoms with Crippen LogP contribution in [0.2, 0.25) is 0 Å². The van der Waals surface area contributed by atoms with E-state index in [4.69, 9.17) is 0 Å². The fraction of sp³-hybridized carbons (Fsp3) is 0.111. The minimum Gasteiger partial charge on any atom is -0.368 e. The Labute approximate surface area is 123 Å². The van der Waals surface area contributed by atoms with Gasteiger partial charge in [0, 0.05) is 35.5 Å². The number of nitrogens with one attached hydrogen (secondary N) is 1. The number of pyridine rings is 1. The van der Waals surface area contributed by atoms with Crippen LogP contribution in [0.1, 0.15) is 5.56 Å². The largest absolute Gasteiger partial charge is 0.368 e. The van der Waals surface area contributed by atoms with Crippen LogP contribution in [-0.2, 0) is 0 Å². The number of aliphatic imine (C=N–C) groups is 1. The van der Waals surface area contributed by atoms with Crippen LogP contribution in [0.5, 0.6) is 0 Å². The van der Waals surface area contributed by atoms with E-state index in [-0.39, 0.29) is 0 Å². The molecule has 102 valence electrons. The molecule has 3 nitrogen and oxygen atoms in total. The van der Waals surface area contributed by atoms with E-state index in [0.717, 1.165) is 24.5 Å². The van der Waals surface area contributed by atoms with Crippen molar-refractivity contribution < 1.29 is 0 Å². The first kappa shape index (κ1) is 12.1. The van der Waals surface area contributed by atoms with E-state index in [1.165, 1.54) is 21.9 Å². The summed E-state index contributed by atoms with van der Waals surface area (Å²) < 4.78 is 0. The summed E-state index contributed by atoms with van der Waals surface area (Å²) in [6, 6.07) is 16.9. The van der Waals surface area contributed by atoms with Crippen LogP contribution < -0.4 is 5.32 Å². The lowest BCUT2D eigenvalue weighted by atomic mass is 10.00. The van der Waals surface area contributed by atoms with E-state index in [0.29, 0.717) is 0 Å². The van der Waals surface area contributed by atoms with Crippen molar-refractivity contribution in [3.63, 3.8) is 0 Å². The van der Waals surface area contributed by atoms with Crippen LogP contribution >= 0.6 is 0 Å². The maximum absolute atomic E-state index is 4.45. The van der Waals surface area contributed by atoms with E-state index >= 15 is 0 Å². The Kier molecular flexibility index (Phi) is 2.89. The lowest BCUT2D eigenvalue weighted by Crippen LogP contribution is -2.19. The van der Waals surface area contributed by atoms with Crippen molar-refractivity contribution in [1.82, 2.24) is 10.3 Å². The Morgan fingerprint density at radius 3 is 2.48 bits per heavy atom. The highest BCUT2D eigenvalue weighted by Crippen LogP contribution is 2.27. The molecule has 0 unspecified atom stereocenters. The Bertz CT molecular complexity index is 814. The lowest BCUT2D eigenvalue weighted by Gasteiger charge is -2.08. The molecule has 0 spiro atoms. The minimum atomic E-state index is 0.865. The van der Waals surface area contributed by atoms with Crippen molar-refractivity contribution in [3.05, 3.63) is 66.5 Å². The van der Waals surface area contributed by atoms with Crippen molar-refractivity contribution in [3.8, 4) is 11.1 Å². The predicted molar refractivity (Wildman–Crippen MR) is 86.6 cm³/mol. The highest BCUT2D eigenvalue weighted by atomic mass is 15.1. The maximum atomic E-state index is 4.45. The van der Waals surface area contributed by atoms with E-state index in [9.17, 15) is 0 Å². The molecule has 2 heterocycles. The fourth-order valence-electron chi connectivity index (χ4n) is 2.75. The van der Waals surface area contributed by atoms with Gasteiger partial charge in [-0.15, -0.1) is 0 Å². The second-order valence-electron chi connectivity index (χ2n) is 5.14. The molecule has 0 bridgehead atoms. The maximum Gasteiger partial charge on any atom is 0.128 e. The summed E-state index contributed by atoms with van der Waals surface area (Å²) in [4.78, 5) is 8.80. The molecule has 0 radical (unpaired) electrons. The van der Waals surface area contributed by atoms with Crippen LogP contribution in [0.4, 0.5) is 0 Å². The summed E-state index contributed by atoms with van der Waals surface area (Å²) in [7, 11) is 0. The van der Waals surface area contributed by atoms with Gasteiger partial charge in [-0.1, -0.05) is 48.5 Å². The number of aromatic nitrogens is 1. The molecule has 0 saturated heterocycles. The molecule has 0 aliphatic carbocycles. The van der Waals surface area contributed by atoms with Crippen molar-refractivity contribution in [2.24, 2.45) is 4.99 Å². The number of benzene rings is 2. The monoisotopic (exact) mass is 273 g/mol. The summed E-state index contributed by atoms with van der Waals surface area (Å²) in [6.45, 7) is 1.80. The minimum absolute atomic E-state index is 0.865. The third kappa shape index (κ3) is 2.17. The normalized spacial score (nSPS) is 14.0. The number of hydrogen-bond donors (Lipinski definition) is 1. The standard InChI is InChI=1S/C18H15N3/c1-2-4-16-15(3-1)11-19-12-17(16)13-5-7-14(8-6-13)18-20-9-10-21-18/h1-8,11-12H,9-10H2,(H,20,21). The molecular weight excluding hydrogens is 258 g/mol. The number of nitrogens with zero attached hydrogens (tertiary/aromatic N) is 2. The van der Waals surface area contributed by atoms with Gasteiger partial charge in [0.25, 0.3) is 0 Å². The van der Waals surface area contributed by atoms with Gasteiger partial charge in [-0.05, 0) is 10.9 Å². The van der Waals surface area contributed by atoms with E-state index in [2.05, 4.69) is 57.8 Å². The van der Waals surface area contributed by atoms with Crippen molar-refractivity contribution in [1.29, 1.82) is 0 Å². The van der Waals surface area contributed by atoms with E-state index < -0.39 is 0 Å². The van der Waals surface area contributed by atoms with Crippen LogP contribution in [0.3, 0.4) is 0 Å². The van der Waals surface area contributed by atoms with E-state index in [1.807, 2.05) is 18.5 Å². The number of rotatable bonds is 2. The van der Waals surface area contributed by atoms with Gasteiger partial charge >= 0.3 is 0 Å². The van der Waals surface area contributed by atoms with Gasteiger partial charge < -0.3 is 5.32 Å². The molecule has 1 aliphatic rings. The molecule has 4 rings (SSSR count). The first-order valence-electron chi connectivity index (χ1n) is 7.14. The molecule has 0 amide bonds. The quantitative estimate of drug-likeness (QED) is 0.778. The zero-order valence-corrected chi connectivity index (χ0v) is 11.6.